The van der Waals surface area contributed by atoms with Crippen molar-refractivity contribution in [2.75, 3.05) is 31.4 Å². The van der Waals surface area contributed by atoms with E-state index in [1.54, 1.807) is 12.1 Å². The number of halogens is 1. The van der Waals surface area contributed by atoms with Crippen LogP contribution in [0.15, 0.2) is 40.9 Å². The van der Waals surface area contributed by atoms with Crippen molar-refractivity contribution < 1.29 is 9.84 Å². The van der Waals surface area contributed by atoms with Crippen LogP contribution in [0.4, 0.5) is 11.4 Å². The molecule has 0 heterocycles. The van der Waals surface area contributed by atoms with Crippen LogP contribution in [0.2, 0.25) is 0 Å². The fraction of sp³-hybridized carbons (Fsp3) is 0.250. The first-order valence-corrected chi connectivity index (χ1v) is 7.37. The van der Waals surface area contributed by atoms with Gasteiger partial charge in [0.15, 0.2) is 11.5 Å². The molecule has 2 rings (SSSR count). The number of aromatic hydroxyl groups is 1. The fourth-order valence-electron chi connectivity index (χ4n) is 2.08. The van der Waals surface area contributed by atoms with Crippen LogP contribution in [0.5, 0.6) is 11.5 Å². The zero-order chi connectivity index (χ0) is 15.4. The maximum Gasteiger partial charge on any atom is 0.160 e. The third-order valence-electron chi connectivity index (χ3n) is 3.17. The van der Waals surface area contributed by atoms with E-state index in [1.807, 2.05) is 32.3 Å². The van der Waals surface area contributed by atoms with Crippen molar-refractivity contribution in [3.05, 3.63) is 46.4 Å². The van der Waals surface area contributed by atoms with E-state index in [4.69, 9.17) is 4.74 Å². The Kier molecular flexibility index (Phi) is 4.96. The minimum absolute atomic E-state index is 0.152. The number of ether oxygens (including phenoxy) is 1. The molecule has 0 bridgehead atoms. The molecule has 2 aromatic carbocycles. The number of rotatable bonds is 5. The molecule has 21 heavy (non-hydrogen) atoms. The van der Waals surface area contributed by atoms with Crippen LogP contribution in [-0.4, -0.2) is 26.3 Å². The highest BCUT2D eigenvalue weighted by molar-refractivity contribution is 9.10. The number of phenolic OH excluding ortho intramolecular Hbond substituents is 1. The van der Waals surface area contributed by atoms with Gasteiger partial charge in [-0.2, -0.15) is 0 Å². The molecular weight excluding hydrogens is 332 g/mol. The average molecular weight is 351 g/mol. The Morgan fingerprint density at radius 2 is 1.95 bits per heavy atom. The van der Waals surface area contributed by atoms with Gasteiger partial charge >= 0.3 is 0 Å². The van der Waals surface area contributed by atoms with E-state index in [0.29, 0.717) is 12.3 Å². The van der Waals surface area contributed by atoms with Crippen molar-refractivity contribution in [1.29, 1.82) is 0 Å². The third-order valence-corrected chi connectivity index (χ3v) is 3.66. The number of benzene rings is 2. The van der Waals surface area contributed by atoms with Crippen molar-refractivity contribution in [3.8, 4) is 11.5 Å². The summed E-state index contributed by atoms with van der Waals surface area (Å²) in [5.41, 5.74) is 3.12. The van der Waals surface area contributed by atoms with Crippen LogP contribution in [0.3, 0.4) is 0 Å². The second kappa shape index (κ2) is 6.72. The molecule has 2 N–H and O–H groups in total. The van der Waals surface area contributed by atoms with Crippen molar-refractivity contribution in [2.24, 2.45) is 0 Å². The molecule has 0 radical (unpaired) electrons. The number of methoxy groups -OCH3 is 1. The number of phenols is 1. The molecule has 0 spiro atoms. The number of nitrogens with zero attached hydrogens (tertiary/aromatic N) is 1. The highest BCUT2D eigenvalue weighted by Crippen LogP contribution is 2.30. The minimum atomic E-state index is 0.152. The lowest BCUT2D eigenvalue weighted by Gasteiger charge is -2.19. The topological polar surface area (TPSA) is 44.7 Å². The molecule has 0 aromatic heterocycles. The van der Waals surface area contributed by atoms with E-state index in [0.717, 1.165) is 21.4 Å². The lowest BCUT2D eigenvalue weighted by molar-refractivity contribution is 0.373. The summed E-state index contributed by atoms with van der Waals surface area (Å²) in [7, 11) is 5.55. The van der Waals surface area contributed by atoms with Gasteiger partial charge in [0.25, 0.3) is 0 Å². The van der Waals surface area contributed by atoms with Gasteiger partial charge in [-0.1, -0.05) is 22.0 Å². The first kappa shape index (κ1) is 15.5. The van der Waals surface area contributed by atoms with Crippen LogP contribution in [0.1, 0.15) is 5.56 Å². The predicted molar refractivity (Wildman–Crippen MR) is 90.5 cm³/mol. The van der Waals surface area contributed by atoms with Crippen LogP contribution >= 0.6 is 15.9 Å². The molecule has 0 aliphatic carbocycles. The Balaban J connectivity index is 2.16. The molecule has 2 aromatic rings. The van der Waals surface area contributed by atoms with Gasteiger partial charge in [-0.3, -0.25) is 0 Å². The van der Waals surface area contributed by atoms with Crippen LogP contribution < -0.4 is 15.0 Å². The Bertz CT molecular complexity index is 630. The number of hydrogen-bond donors (Lipinski definition) is 2. The molecule has 0 unspecified atom stereocenters. The summed E-state index contributed by atoms with van der Waals surface area (Å²) < 4.78 is 6.07. The van der Waals surface area contributed by atoms with E-state index < -0.39 is 0 Å². The lowest BCUT2D eigenvalue weighted by atomic mass is 10.2. The van der Waals surface area contributed by atoms with E-state index in [9.17, 15) is 5.11 Å². The average Bonchev–Trinajstić information content (AvgIpc) is 2.45. The molecule has 112 valence electrons. The smallest absolute Gasteiger partial charge is 0.160 e. The summed E-state index contributed by atoms with van der Waals surface area (Å²) >= 11 is 3.49. The maximum absolute atomic E-state index is 9.81. The normalized spacial score (nSPS) is 10.3. The fourth-order valence-corrected chi connectivity index (χ4v) is 2.44. The van der Waals surface area contributed by atoms with Crippen LogP contribution in [0.25, 0.3) is 0 Å². The molecule has 0 saturated heterocycles. The molecule has 0 aliphatic rings. The molecule has 0 saturated carbocycles. The molecule has 0 atom stereocenters. The second-order valence-electron chi connectivity index (χ2n) is 4.92. The van der Waals surface area contributed by atoms with Gasteiger partial charge in [0.1, 0.15) is 0 Å². The van der Waals surface area contributed by atoms with Crippen molar-refractivity contribution in [1.82, 2.24) is 0 Å². The third kappa shape index (κ3) is 3.82. The zero-order valence-corrected chi connectivity index (χ0v) is 13.9. The Labute approximate surface area is 133 Å². The summed E-state index contributed by atoms with van der Waals surface area (Å²) in [6.45, 7) is 0.620. The molecule has 5 heteroatoms. The lowest BCUT2D eigenvalue weighted by Crippen LogP contribution is -2.12. The Morgan fingerprint density at radius 3 is 2.57 bits per heavy atom. The first-order valence-electron chi connectivity index (χ1n) is 6.58. The summed E-state index contributed by atoms with van der Waals surface area (Å²) in [4.78, 5) is 2.06. The van der Waals surface area contributed by atoms with Crippen molar-refractivity contribution in [2.45, 2.75) is 6.54 Å². The van der Waals surface area contributed by atoms with Crippen molar-refractivity contribution in [3.63, 3.8) is 0 Å². The van der Waals surface area contributed by atoms with Crippen LogP contribution in [-0.2, 0) is 6.54 Å². The predicted octanol–water partition coefficient (Wildman–Crippen LogP) is 3.84. The highest BCUT2D eigenvalue weighted by Gasteiger charge is 2.06. The maximum atomic E-state index is 9.81. The van der Waals surface area contributed by atoms with Gasteiger partial charge in [0.05, 0.1) is 18.5 Å². The van der Waals surface area contributed by atoms with E-state index >= 15 is 0 Å². The largest absolute Gasteiger partial charge is 0.504 e. The van der Waals surface area contributed by atoms with E-state index in [2.05, 4.69) is 32.2 Å². The summed E-state index contributed by atoms with van der Waals surface area (Å²) in [6.07, 6.45) is 0. The monoisotopic (exact) mass is 350 g/mol. The number of anilines is 2. The van der Waals surface area contributed by atoms with Crippen molar-refractivity contribution >= 4 is 27.3 Å². The Morgan fingerprint density at radius 1 is 1.19 bits per heavy atom. The zero-order valence-electron chi connectivity index (χ0n) is 12.4. The first-order chi connectivity index (χ1) is 10.0. The van der Waals surface area contributed by atoms with Gasteiger partial charge in [-0.05, 0) is 35.9 Å². The summed E-state index contributed by atoms with van der Waals surface area (Å²) in [6, 6.07) is 11.5. The van der Waals surface area contributed by atoms with Gasteiger partial charge < -0.3 is 20.1 Å². The van der Waals surface area contributed by atoms with Gasteiger partial charge in [-0.25, -0.2) is 0 Å². The highest BCUT2D eigenvalue weighted by atomic mass is 79.9. The number of hydrogen-bond acceptors (Lipinski definition) is 4. The molecule has 0 aliphatic heterocycles. The van der Waals surface area contributed by atoms with Gasteiger partial charge in [-0.15, -0.1) is 0 Å². The SMILES string of the molecule is COc1ccc(CNc2cc(Br)ccc2N(C)C)cc1O. The molecule has 0 amide bonds. The quantitative estimate of drug-likeness (QED) is 0.859. The molecule has 0 fully saturated rings. The second-order valence-corrected chi connectivity index (χ2v) is 5.83. The van der Waals surface area contributed by atoms with E-state index in [-0.39, 0.29) is 5.75 Å². The number of nitrogens with one attached hydrogen (secondary N) is 1. The Hall–Kier alpha value is -1.88. The van der Waals surface area contributed by atoms with Gasteiger partial charge in [0.2, 0.25) is 0 Å². The molecular formula is C16H19BrN2O2. The molecule has 4 nitrogen and oxygen atoms in total. The standard InChI is InChI=1S/C16H19BrN2O2/c1-19(2)14-6-5-12(17)9-13(14)18-10-11-4-7-16(21-3)15(20)8-11/h4-9,18,20H,10H2,1-3H3. The minimum Gasteiger partial charge on any atom is -0.504 e. The van der Waals surface area contributed by atoms with E-state index in [1.165, 1.54) is 7.11 Å². The summed E-state index contributed by atoms with van der Waals surface area (Å²) in [5, 5.41) is 13.2. The van der Waals surface area contributed by atoms with Gasteiger partial charge in [0, 0.05) is 25.1 Å². The van der Waals surface area contributed by atoms with Crippen LogP contribution in [0, 0.1) is 0 Å². The summed E-state index contributed by atoms with van der Waals surface area (Å²) in [5.74, 6) is 0.633.